The molecule has 0 aliphatic heterocycles. The van der Waals surface area contributed by atoms with Gasteiger partial charge in [0, 0.05) is 4.88 Å². The Labute approximate surface area is 108 Å². The second kappa shape index (κ2) is 5.46. The minimum Gasteiger partial charge on any atom is -0.376 e. The highest BCUT2D eigenvalue weighted by molar-refractivity contribution is 9.10. The fraction of sp³-hybridized carbons (Fsp3) is 0.250. The molecule has 0 aliphatic rings. The normalized spacial score (nSPS) is 12.4. The largest absolute Gasteiger partial charge is 0.376 e. The topological polar surface area (TPSA) is 24.9 Å². The van der Waals surface area contributed by atoms with Gasteiger partial charge >= 0.3 is 0 Å². The van der Waals surface area contributed by atoms with Crippen LogP contribution >= 0.6 is 27.3 Å². The molecule has 2 aromatic rings. The lowest BCUT2D eigenvalue weighted by Gasteiger charge is -2.16. The summed E-state index contributed by atoms with van der Waals surface area (Å²) in [6.45, 7) is 2.18. The van der Waals surface area contributed by atoms with Crippen LogP contribution in [0.1, 0.15) is 24.3 Å². The van der Waals surface area contributed by atoms with Crippen molar-refractivity contribution in [1.82, 2.24) is 4.98 Å². The molecule has 0 spiro atoms. The lowest BCUT2D eigenvalue weighted by Crippen LogP contribution is -2.08. The van der Waals surface area contributed by atoms with Crippen molar-refractivity contribution in [2.24, 2.45) is 0 Å². The van der Waals surface area contributed by atoms with Crippen LogP contribution in [0.25, 0.3) is 0 Å². The first-order valence-electron chi connectivity index (χ1n) is 5.21. The molecular weight excluding hydrogens is 284 g/mol. The molecule has 0 fully saturated rings. The van der Waals surface area contributed by atoms with Gasteiger partial charge in [-0.15, -0.1) is 11.3 Å². The van der Waals surface area contributed by atoms with Crippen LogP contribution in [0.4, 0.5) is 5.69 Å². The number of halogens is 1. The summed E-state index contributed by atoms with van der Waals surface area (Å²) in [7, 11) is 0. The number of pyridine rings is 1. The predicted octanol–water partition coefficient (Wildman–Crippen LogP) is 4.47. The molecule has 1 atom stereocenters. The molecule has 0 saturated carbocycles. The summed E-state index contributed by atoms with van der Waals surface area (Å²) in [5.41, 5.74) is 1.06. The fourth-order valence-corrected chi connectivity index (χ4v) is 2.62. The van der Waals surface area contributed by atoms with Crippen LogP contribution in [-0.4, -0.2) is 4.98 Å². The Hall–Kier alpha value is -0.870. The van der Waals surface area contributed by atoms with Gasteiger partial charge in [-0.05, 0) is 45.9 Å². The van der Waals surface area contributed by atoms with Crippen LogP contribution in [0.3, 0.4) is 0 Å². The van der Waals surface area contributed by atoms with Crippen molar-refractivity contribution in [1.29, 1.82) is 0 Å². The summed E-state index contributed by atoms with van der Waals surface area (Å²) in [5.74, 6) is 0. The quantitative estimate of drug-likeness (QED) is 0.842. The van der Waals surface area contributed by atoms with Crippen LogP contribution in [0.2, 0.25) is 0 Å². The van der Waals surface area contributed by atoms with E-state index < -0.39 is 0 Å². The van der Waals surface area contributed by atoms with E-state index in [0.29, 0.717) is 6.04 Å². The minimum absolute atomic E-state index is 0.378. The third-order valence-electron chi connectivity index (χ3n) is 2.36. The van der Waals surface area contributed by atoms with Crippen molar-refractivity contribution in [2.75, 3.05) is 5.32 Å². The zero-order valence-corrected chi connectivity index (χ0v) is 11.4. The Kier molecular flexibility index (Phi) is 3.96. The highest BCUT2D eigenvalue weighted by Crippen LogP contribution is 2.26. The molecule has 0 radical (unpaired) electrons. The van der Waals surface area contributed by atoms with Gasteiger partial charge in [0.2, 0.25) is 0 Å². The van der Waals surface area contributed by atoms with E-state index >= 15 is 0 Å². The lowest BCUT2D eigenvalue weighted by molar-refractivity contribution is 0.763. The predicted molar refractivity (Wildman–Crippen MR) is 72.9 cm³/mol. The van der Waals surface area contributed by atoms with E-state index in [2.05, 4.69) is 50.7 Å². The number of nitrogens with one attached hydrogen (secondary N) is 1. The molecule has 16 heavy (non-hydrogen) atoms. The molecule has 2 nitrogen and oxygen atoms in total. The van der Waals surface area contributed by atoms with Gasteiger partial charge in [-0.2, -0.15) is 0 Å². The molecule has 0 aromatic carbocycles. The van der Waals surface area contributed by atoms with Gasteiger partial charge in [-0.1, -0.05) is 13.0 Å². The standard InChI is InChI=1S/C12H13BrN2S/c1-2-10(11-4-3-7-16-11)15-9-5-6-12(13)14-8-9/h3-8,10,15H,2H2,1H3. The summed E-state index contributed by atoms with van der Waals surface area (Å²) in [6.07, 6.45) is 2.91. The van der Waals surface area contributed by atoms with Gasteiger partial charge in [0.25, 0.3) is 0 Å². The Balaban J connectivity index is 2.10. The Bertz CT molecular complexity index is 425. The summed E-state index contributed by atoms with van der Waals surface area (Å²) in [6, 6.07) is 8.61. The van der Waals surface area contributed by atoms with E-state index in [0.717, 1.165) is 16.7 Å². The van der Waals surface area contributed by atoms with E-state index in [1.807, 2.05) is 18.3 Å². The van der Waals surface area contributed by atoms with Crippen LogP contribution < -0.4 is 5.32 Å². The van der Waals surface area contributed by atoms with Gasteiger partial charge in [0.1, 0.15) is 4.60 Å². The van der Waals surface area contributed by atoms with E-state index in [1.165, 1.54) is 4.88 Å². The molecule has 4 heteroatoms. The number of aromatic nitrogens is 1. The van der Waals surface area contributed by atoms with Gasteiger partial charge < -0.3 is 5.32 Å². The Morgan fingerprint density at radius 2 is 2.31 bits per heavy atom. The van der Waals surface area contributed by atoms with Crippen molar-refractivity contribution in [3.8, 4) is 0 Å². The number of thiophene rings is 1. The highest BCUT2D eigenvalue weighted by atomic mass is 79.9. The second-order valence-corrected chi connectivity index (χ2v) is 5.28. The lowest BCUT2D eigenvalue weighted by atomic mass is 10.2. The summed E-state index contributed by atoms with van der Waals surface area (Å²) < 4.78 is 0.863. The first-order chi connectivity index (χ1) is 7.79. The van der Waals surface area contributed by atoms with Gasteiger partial charge in [-0.25, -0.2) is 4.98 Å². The molecule has 2 heterocycles. The summed E-state index contributed by atoms with van der Waals surface area (Å²) in [4.78, 5) is 5.57. The number of nitrogens with zero attached hydrogens (tertiary/aromatic N) is 1. The molecule has 2 rings (SSSR count). The van der Waals surface area contributed by atoms with E-state index in [1.54, 1.807) is 11.3 Å². The van der Waals surface area contributed by atoms with E-state index in [-0.39, 0.29) is 0 Å². The maximum absolute atomic E-state index is 4.21. The average Bonchev–Trinajstić information content (AvgIpc) is 2.82. The molecule has 0 amide bonds. The first kappa shape index (κ1) is 11.6. The van der Waals surface area contributed by atoms with Crippen molar-refractivity contribution < 1.29 is 0 Å². The second-order valence-electron chi connectivity index (χ2n) is 3.49. The minimum atomic E-state index is 0.378. The SMILES string of the molecule is CCC(Nc1ccc(Br)nc1)c1cccs1. The number of hydrogen-bond donors (Lipinski definition) is 1. The number of rotatable bonds is 4. The monoisotopic (exact) mass is 296 g/mol. The third-order valence-corrected chi connectivity index (χ3v) is 3.82. The Morgan fingerprint density at radius 3 is 2.88 bits per heavy atom. The fourth-order valence-electron chi connectivity index (χ4n) is 1.53. The smallest absolute Gasteiger partial charge is 0.106 e. The van der Waals surface area contributed by atoms with E-state index in [9.17, 15) is 0 Å². The molecular formula is C12H13BrN2S. The molecule has 84 valence electrons. The maximum atomic E-state index is 4.21. The van der Waals surface area contributed by atoms with Gasteiger partial charge in [0.05, 0.1) is 17.9 Å². The molecule has 0 aliphatic carbocycles. The van der Waals surface area contributed by atoms with E-state index in [4.69, 9.17) is 0 Å². The number of hydrogen-bond acceptors (Lipinski definition) is 3. The third kappa shape index (κ3) is 2.83. The van der Waals surface area contributed by atoms with Gasteiger partial charge in [-0.3, -0.25) is 0 Å². The van der Waals surface area contributed by atoms with Crippen molar-refractivity contribution in [2.45, 2.75) is 19.4 Å². The van der Waals surface area contributed by atoms with Crippen LogP contribution in [-0.2, 0) is 0 Å². The molecule has 2 aromatic heterocycles. The van der Waals surface area contributed by atoms with Crippen molar-refractivity contribution >= 4 is 33.0 Å². The Morgan fingerprint density at radius 1 is 1.44 bits per heavy atom. The average molecular weight is 297 g/mol. The molecule has 1 unspecified atom stereocenters. The molecule has 1 N–H and O–H groups in total. The molecule has 0 bridgehead atoms. The summed E-state index contributed by atoms with van der Waals surface area (Å²) in [5, 5.41) is 5.60. The van der Waals surface area contributed by atoms with Crippen LogP contribution in [0.15, 0.2) is 40.4 Å². The first-order valence-corrected chi connectivity index (χ1v) is 6.88. The van der Waals surface area contributed by atoms with Gasteiger partial charge in [0.15, 0.2) is 0 Å². The number of anilines is 1. The zero-order chi connectivity index (χ0) is 11.4. The molecule has 0 saturated heterocycles. The van der Waals surface area contributed by atoms with Crippen molar-refractivity contribution in [3.63, 3.8) is 0 Å². The zero-order valence-electron chi connectivity index (χ0n) is 8.98. The maximum Gasteiger partial charge on any atom is 0.106 e. The highest BCUT2D eigenvalue weighted by Gasteiger charge is 2.09. The van der Waals surface area contributed by atoms with Crippen LogP contribution in [0, 0.1) is 0 Å². The summed E-state index contributed by atoms with van der Waals surface area (Å²) >= 11 is 5.12. The van der Waals surface area contributed by atoms with Crippen LogP contribution in [0.5, 0.6) is 0 Å². The van der Waals surface area contributed by atoms with Crippen molar-refractivity contribution in [3.05, 3.63) is 45.3 Å².